The van der Waals surface area contributed by atoms with E-state index >= 15 is 0 Å². The third kappa shape index (κ3) is 8.66. The summed E-state index contributed by atoms with van der Waals surface area (Å²) in [4.78, 5) is 0. The Balaban J connectivity index is 0. The average Bonchev–Trinajstić information content (AvgIpc) is 2.43. The van der Waals surface area contributed by atoms with Crippen molar-refractivity contribution in [1.29, 1.82) is 0 Å². The molecule has 0 rings (SSSR count). The van der Waals surface area contributed by atoms with Crippen molar-refractivity contribution in [2.24, 2.45) is 0 Å². The predicted molar refractivity (Wildman–Crippen MR) is 78.9 cm³/mol. The SMILES string of the molecule is C=C[Si](C)(OCC)OCC.CO[Si](OC)(OC)OC. The molecule has 0 aliphatic heterocycles. The normalized spacial score (nSPS) is 11.7. The quantitative estimate of drug-likeness (QED) is 0.606. The highest BCUT2D eigenvalue weighted by atomic mass is 28.4. The van der Waals surface area contributed by atoms with Crippen LogP contribution in [0.4, 0.5) is 0 Å². The zero-order chi connectivity index (χ0) is 15.4. The van der Waals surface area contributed by atoms with Gasteiger partial charge in [-0.15, -0.1) is 6.58 Å². The Morgan fingerprint density at radius 3 is 1.26 bits per heavy atom. The second-order valence-electron chi connectivity index (χ2n) is 3.40. The molecule has 0 spiro atoms. The van der Waals surface area contributed by atoms with E-state index in [1.807, 2.05) is 20.4 Å². The first-order valence-electron chi connectivity index (χ1n) is 6.05. The molecule has 0 bridgehead atoms. The van der Waals surface area contributed by atoms with E-state index < -0.39 is 17.6 Å². The third-order valence-corrected chi connectivity index (χ3v) is 6.70. The van der Waals surface area contributed by atoms with Gasteiger partial charge >= 0.3 is 17.6 Å². The zero-order valence-electron chi connectivity index (χ0n) is 13.1. The van der Waals surface area contributed by atoms with Crippen molar-refractivity contribution in [3.63, 3.8) is 0 Å². The van der Waals surface area contributed by atoms with Crippen molar-refractivity contribution in [3.05, 3.63) is 12.3 Å². The average molecular weight is 313 g/mol. The molecule has 8 heteroatoms. The van der Waals surface area contributed by atoms with Crippen LogP contribution in [0.5, 0.6) is 0 Å². The van der Waals surface area contributed by atoms with Gasteiger partial charge in [0.25, 0.3) is 0 Å². The van der Waals surface area contributed by atoms with Crippen LogP contribution >= 0.6 is 0 Å². The summed E-state index contributed by atoms with van der Waals surface area (Å²) in [6.07, 6.45) is 0. The Morgan fingerprint density at radius 2 is 1.16 bits per heavy atom. The number of hydrogen-bond donors (Lipinski definition) is 0. The van der Waals surface area contributed by atoms with Crippen LogP contribution in [-0.4, -0.2) is 59.3 Å². The van der Waals surface area contributed by atoms with Gasteiger partial charge in [-0.3, -0.25) is 0 Å². The van der Waals surface area contributed by atoms with Gasteiger partial charge in [0.1, 0.15) is 0 Å². The Hall–Kier alpha value is -0.0662. The van der Waals surface area contributed by atoms with E-state index in [1.54, 1.807) is 5.70 Å². The van der Waals surface area contributed by atoms with Crippen LogP contribution in [0.25, 0.3) is 0 Å². The molecular formula is C11H28O6Si2. The molecule has 0 radical (unpaired) electrons. The van der Waals surface area contributed by atoms with Gasteiger partial charge < -0.3 is 26.6 Å². The highest BCUT2D eigenvalue weighted by molar-refractivity contribution is 6.71. The number of rotatable bonds is 9. The van der Waals surface area contributed by atoms with E-state index in [9.17, 15) is 0 Å². The molecule has 0 saturated heterocycles. The molecule has 0 heterocycles. The molecule has 0 aliphatic carbocycles. The lowest BCUT2D eigenvalue weighted by atomic mass is 10.9. The summed E-state index contributed by atoms with van der Waals surface area (Å²) in [5.41, 5.74) is 1.81. The van der Waals surface area contributed by atoms with Crippen molar-refractivity contribution >= 4 is 17.6 Å². The minimum absolute atomic E-state index is 0.703. The Labute approximate surface area is 119 Å². The van der Waals surface area contributed by atoms with E-state index in [1.165, 1.54) is 28.4 Å². The molecule has 0 aliphatic rings. The lowest BCUT2D eigenvalue weighted by Gasteiger charge is -2.21. The summed E-state index contributed by atoms with van der Waals surface area (Å²) >= 11 is 0. The molecule has 0 N–H and O–H groups in total. The van der Waals surface area contributed by atoms with Crippen LogP contribution in [0.2, 0.25) is 6.55 Å². The maximum atomic E-state index is 5.42. The van der Waals surface area contributed by atoms with Gasteiger partial charge in [-0.1, -0.05) is 0 Å². The van der Waals surface area contributed by atoms with Gasteiger partial charge in [0, 0.05) is 41.7 Å². The molecule has 116 valence electrons. The fourth-order valence-corrected chi connectivity index (χ4v) is 3.70. The van der Waals surface area contributed by atoms with Gasteiger partial charge in [0.05, 0.1) is 0 Å². The molecule has 0 amide bonds. The Morgan fingerprint density at radius 1 is 0.842 bits per heavy atom. The Kier molecular flexibility index (Phi) is 13.1. The van der Waals surface area contributed by atoms with E-state index in [4.69, 9.17) is 26.6 Å². The number of hydrogen-bond acceptors (Lipinski definition) is 6. The van der Waals surface area contributed by atoms with E-state index in [0.717, 1.165) is 0 Å². The standard InChI is InChI=1S/C7H16O2Si.C4H12O4Si/c1-5-8-10(4,7-3)9-6-2;1-5-9(6-2,7-3)8-4/h7H,3,5-6H2,1-2,4H3;1-4H3. The summed E-state index contributed by atoms with van der Waals surface area (Å²) < 4.78 is 30.3. The molecule has 6 nitrogen and oxygen atoms in total. The largest absolute Gasteiger partial charge is 0.678 e. The predicted octanol–water partition coefficient (Wildman–Crippen LogP) is 1.86. The molecule has 0 fully saturated rings. The molecule has 0 unspecified atom stereocenters. The lowest BCUT2D eigenvalue weighted by Crippen LogP contribution is -2.45. The zero-order valence-corrected chi connectivity index (χ0v) is 15.1. The van der Waals surface area contributed by atoms with Crippen molar-refractivity contribution < 1.29 is 26.6 Å². The fraction of sp³-hybridized carbons (Fsp3) is 0.818. The second kappa shape index (κ2) is 11.7. The maximum absolute atomic E-state index is 5.42. The summed E-state index contributed by atoms with van der Waals surface area (Å²) in [5.74, 6) is 0. The minimum Gasteiger partial charge on any atom is -0.392 e. The van der Waals surface area contributed by atoms with Gasteiger partial charge in [0.15, 0.2) is 0 Å². The van der Waals surface area contributed by atoms with Crippen molar-refractivity contribution in [1.82, 2.24) is 0 Å². The monoisotopic (exact) mass is 312 g/mol. The van der Waals surface area contributed by atoms with Crippen LogP contribution in [0.15, 0.2) is 12.3 Å². The van der Waals surface area contributed by atoms with E-state index in [-0.39, 0.29) is 0 Å². The smallest absolute Gasteiger partial charge is 0.392 e. The second-order valence-corrected chi connectivity index (χ2v) is 9.05. The molecular weight excluding hydrogens is 284 g/mol. The molecule has 0 saturated carbocycles. The first kappa shape index (κ1) is 21.2. The summed E-state index contributed by atoms with van der Waals surface area (Å²) in [7, 11) is 1.30. The van der Waals surface area contributed by atoms with Crippen LogP contribution < -0.4 is 0 Å². The van der Waals surface area contributed by atoms with E-state index in [2.05, 4.69) is 6.58 Å². The van der Waals surface area contributed by atoms with Crippen LogP contribution in [0, 0.1) is 0 Å². The van der Waals surface area contributed by atoms with E-state index in [0.29, 0.717) is 13.2 Å². The lowest BCUT2D eigenvalue weighted by molar-refractivity contribution is 0.0226. The van der Waals surface area contributed by atoms with Gasteiger partial charge in [-0.2, -0.15) is 0 Å². The maximum Gasteiger partial charge on any atom is 0.678 e. The van der Waals surface area contributed by atoms with Gasteiger partial charge in [-0.25, -0.2) is 0 Å². The van der Waals surface area contributed by atoms with Crippen molar-refractivity contribution in [2.45, 2.75) is 20.4 Å². The molecule has 0 atom stereocenters. The van der Waals surface area contributed by atoms with Gasteiger partial charge in [0.2, 0.25) is 0 Å². The molecule has 0 aromatic carbocycles. The van der Waals surface area contributed by atoms with Crippen LogP contribution in [0.3, 0.4) is 0 Å². The molecule has 0 aromatic rings. The fourth-order valence-electron chi connectivity index (χ4n) is 1.23. The topological polar surface area (TPSA) is 55.4 Å². The summed E-state index contributed by atoms with van der Waals surface area (Å²) in [6, 6.07) is 0. The van der Waals surface area contributed by atoms with Crippen molar-refractivity contribution in [2.75, 3.05) is 41.7 Å². The van der Waals surface area contributed by atoms with Crippen LogP contribution in [-0.2, 0) is 26.6 Å². The highest BCUT2D eigenvalue weighted by Crippen LogP contribution is 2.07. The summed E-state index contributed by atoms with van der Waals surface area (Å²) in [5, 5.41) is 0. The Bertz CT molecular complexity index is 200. The summed E-state index contributed by atoms with van der Waals surface area (Å²) in [6.45, 7) is 11.0. The molecule has 19 heavy (non-hydrogen) atoms. The first-order chi connectivity index (χ1) is 8.92. The van der Waals surface area contributed by atoms with Gasteiger partial charge in [-0.05, 0) is 26.1 Å². The van der Waals surface area contributed by atoms with Crippen LogP contribution in [0.1, 0.15) is 13.8 Å². The third-order valence-electron chi connectivity index (χ3n) is 2.23. The highest BCUT2D eigenvalue weighted by Gasteiger charge is 2.40. The van der Waals surface area contributed by atoms with Crippen molar-refractivity contribution in [3.8, 4) is 0 Å². The molecule has 0 aromatic heterocycles. The minimum atomic E-state index is -2.69. The first-order valence-corrected chi connectivity index (χ1v) is 10.1.